The average molecular weight is 453 g/mol. The molecular formula is C22H28N8OS. The van der Waals surface area contributed by atoms with Gasteiger partial charge in [0.2, 0.25) is 11.9 Å². The highest BCUT2D eigenvalue weighted by molar-refractivity contribution is 7.15. The minimum Gasteiger partial charge on any atom is -0.378 e. The second-order valence-corrected chi connectivity index (χ2v) is 9.44. The van der Waals surface area contributed by atoms with Crippen molar-refractivity contribution in [1.82, 2.24) is 29.8 Å². The molecule has 3 aromatic rings. The van der Waals surface area contributed by atoms with E-state index in [0.717, 1.165) is 86.1 Å². The van der Waals surface area contributed by atoms with Crippen LogP contribution < -0.4 is 10.2 Å². The Morgan fingerprint density at radius 3 is 2.62 bits per heavy atom. The molecule has 2 fully saturated rings. The van der Waals surface area contributed by atoms with Crippen LogP contribution in [0.25, 0.3) is 0 Å². The number of aryl methyl sites for hydroxylation is 1. The Bertz CT molecular complexity index is 1030. The molecule has 0 atom stereocenters. The number of anilines is 3. The third-order valence-electron chi connectivity index (χ3n) is 5.90. The molecule has 5 rings (SSSR count). The van der Waals surface area contributed by atoms with Crippen molar-refractivity contribution in [1.29, 1.82) is 0 Å². The third kappa shape index (κ3) is 5.20. The molecule has 0 bridgehead atoms. The molecule has 0 radical (unpaired) electrons. The fourth-order valence-electron chi connectivity index (χ4n) is 4.17. The largest absolute Gasteiger partial charge is 0.378 e. The topological polar surface area (TPSA) is 92.2 Å². The number of nitrogens with zero attached hydrogens (tertiary/aromatic N) is 7. The molecular weight excluding hydrogens is 424 g/mol. The van der Waals surface area contributed by atoms with Crippen LogP contribution in [0.4, 0.5) is 17.0 Å². The summed E-state index contributed by atoms with van der Waals surface area (Å²) in [5, 5.41) is 4.06. The van der Waals surface area contributed by atoms with Gasteiger partial charge in [0.15, 0.2) is 5.13 Å². The Labute approximate surface area is 191 Å². The van der Waals surface area contributed by atoms with E-state index in [9.17, 15) is 0 Å². The van der Waals surface area contributed by atoms with Gasteiger partial charge in [-0.1, -0.05) is 0 Å². The Kier molecular flexibility index (Phi) is 6.51. The van der Waals surface area contributed by atoms with Crippen molar-refractivity contribution in [3.05, 3.63) is 47.0 Å². The molecule has 0 unspecified atom stereocenters. The predicted octanol–water partition coefficient (Wildman–Crippen LogP) is 2.99. The predicted molar refractivity (Wildman–Crippen MR) is 124 cm³/mol. The summed E-state index contributed by atoms with van der Waals surface area (Å²) in [5.41, 5.74) is 2.18. The van der Waals surface area contributed by atoms with E-state index in [0.29, 0.717) is 11.9 Å². The van der Waals surface area contributed by atoms with Crippen LogP contribution in [0.15, 0.2) is 30.7 Å². The monoisotopic (exact) mass is 452 g/mol. The second-order valence-electron chi connectivity index (χ2n) is 8.20. The molecule has 168 valence electrons. The maximum atomic E-state index is 5.44. The fourth-order valence-corrected chi connectivity index (χ4v) is 4.83. The van der Waals surface area contributed by atoms with Crippen LogP contribution >= 0.6 is 11.3 Å². The van der Waals surface area contributed by atoms with E-state index < -0.39 is 0 Å². The van der Waals surface area contributed by atoms with E-state index in [1.54, 1.807) is 11.3 Å². The zero-order chi connectivity index (χ0) is 21.8. The highest BCUT2D eigenvalue weighted by Crippen LogP contribution is 2.28. The van der Waals surface area contributed by atoms with Gasteiger partial charge in [-0.3, -0.25) is 4.90 Å². The van der Waals surface area contributed by atoms with Gasteiger partial charge >= 0.3 is 0 Å². The highest BCUT2D eigenvalue weighted by atomic mass is 32.1. The molecule has 2 aliphatic rings. The number of morpholine rings is 1. The summed E-state index contributed by atoms with van der Waals surface area (Å²) in [6, 6.07) is 4.07. The van der Waals surface area contributed by atoms with Gasteiger partial charge in [0.1, 0.15) is 0 Å². The first-order valence-electron chi connectivity index (χ1n) is 11.1. The molecule has 0 saturated carbocycles. The molecule has 3 aromatic heterocycles. The van der Waals surface area contributed by atoms with Crippen LogP contribution in [0.2, 0.25) is 0 Å². The Balaban J connectivity index is 1.16. The minimum absolute atomic E-state index is 0.446. The number of piperidine rings is 1. The summed E-state index contributed by atoms with van der Waals surface area (Å²) in [7, 11) is 0. The summed E-state index contributed by atoms with van der Waals surface area (Å²) in [5.74, 6) is 1.88. The van der Waals surface area contributed by atoms with Crippen molar-refractivity contribution in [2.75, 3.05) is 49.6 Å². The molecule has 5 heterocycles. The maximum Gasteiger partial charge on any atom is 0.229 e. The van der Waals surface area contributed by atoms with Gasteiger partial charge in [0.25, 0.3) is 0 Å². The Morgan fingerprint density at radius 2 is 1.84 bits per heavy atom. The number of hydrogen-bond acceptors (Lipinski definition) is 10. The van der Waals surface area contributed by atoms with E-state index in [4.69, 9.17) is 14.7 Å². The van der Waals surface area contributed by atoms with Crippen molar-refractivity contribution in [2.45, 2.75) is 32.2 Å². The number of hydrogen-bond donors (Lipinski definition) is 1. The lowest BCUT2D eigenvalue weighted by Crippen LogP contribution is -2.37. The van der Waals surface area contributed by atoms with E-state index in [-0.39, 0.29) is 0 Å². The maximum absolute atomic E-state index is 5.44. The lowest BCUT2D eigenvalue weighted by atomic mass is 9.93. The fraction of sp³-hybridized carbons (Fsp3) is 0.500. The van der Waals surface area contributed by atoms with E-state index in [1.165, 1.54) is 0 Å². The quantitative estimate of drug-likeness (QED) is 0.606. The van der Waals surface area contributed by atoms with Crippen LogP contribution in [0.1, 0.15) is 35.0 Å². The normalized spacial score (nSPS) is 18.1. The van der Waals surface area contributed by atoms with Crippen molar-refractivity contribution >= 4 is 28.4 Å². The highest BCUT2D eigenvalue weighted by Gasteiger charge is 2.23. The average Bonchev–Trinajstić information content (AvgIpc) is 3.25. The molecule has 9 nitrogen and oxygen atoms in total. The zero-order valence-electron chi connectivity index (χ0n) is 18.3. The summed E-state index contributed by atoms with van der Waals surface area (Å²) in [6.45, 7) is 8.14. The molecule has 0 aromatic carbocycles. The number of aromatic nitrogens is 5. The van der Waals surface area contributed by atoms with Crippen molar-refractivity contribution < 1.29 is 4.74 Å². The molecule has 0 spiro atoms. The first kappa shape index (κ1) is 21.2. The van der Waals surface area contributed by atoms with Gasteiger partial charge in [-0.2, -0.15) is 0 Å². The summed E-state index contributed by atoms with van der Waals surface area (Å²) >= 11 is 1.61. The summed E-state index contributed by atoms with van der Waals surface area (Å²) in [6.07, 6.45) is 7.72. The SMILES string of the molecule is Cc1cnc(Nc2nccc(C3CCN(Cc4ccnc(N5CCOCC5)n4)CC3)n2)s1. The van der Waals surface area contributed by atoms with Crippen molar-refractivity contribution in [3.63, 3.8) is 0 Å². The van der Waals surface area contributed by atoms with Crippen LogP contribution in [0.5, 0.6) is 0 Å². The second kappa shape index (κ2) is 9.85. The molecule has 0 amide bonds. The standard InChI is InChI=1S/C22H28N8OS/c1-16-14-25-22(32-16)28-20-23-7-3-19(27-20)17-4-8-29(9-5-17)15-18-2-6-24-21(26-18)30-10-12-31-13-11-30/h2-3,6-7,14,17H,4-5,8-13,15H2,1H3,(H,23,25,27,28). The molecule has 0 aliphatic carbocycles. The lowest BCUT2D eigenvalue weighted by Gasteiger charge is -2.32. The Hall–Kier alpha value is -2.69. The number of rotatable bonds is 6. The van der Waals surface area contributed by atoms with Crippen LogP contribution in [0, 0.1) is 6.92 Å². The first-order chi connectivity index (χ1) is 15.7. The molecule has 32 heavy (non-hydrogen) atoms. The number of likely N-dealkylation sites (tertiary alicyclic amines) is 1. The number of ether oxygens (including phenoxy) is 1. The van der Waals surface area contributed by atoms with Gasteiger partial charge in [-0.05, 0) is 45.0 Å². The number of thiazole rings is 1. The van der Waals surface area contributed by atoms with E-state index in [1.807, 2.05) is 37.6 Å². The molecule has 2 saturated heterocycles. The Morgan fingerprint density at radius 1 is 1.03 bits per heavy atom. The minimum atomic E-state index is 0.446. The van der Waals surface area contributed by atoms with Gasteiger partial charge in [-0.15, -0.1) is 11.3 Å². The van der Waals surface area contributed by atoms with E-state index in [2.05, 4.69) is 30.1 Å². The summed E-state index contributed by atoms with van der Waals surface area (Å²) < 4.78 is 5.44. The van der Waals surface area contributed by atoms with Crippen molar-refractivity contribution in [2.24, 2.45) is 0 Å². The van der Waals surface area contributed by atoms with Crippen molar-refractivity contribution in [3.8, 4) is 0 Å². The lowest BCUT2D eigenvalue weighted by molar-refractivity contribution is 0.122. The first-order valence-corrected chi connectivity index (χ1v) is 11.9. The van der Waals surface area contributed by atoms with Crippen LogP contribution in [-0.2, 0) is 11.3 Å². The van der Waals surface area contributed by atoms with Crippen LogP contribution in [0.3, 0.4) is 0 Å². The molecule has 2 aliphatic heterocycles. The van der Waals surface area contributed by atoms with Gasteiger partial charge in [0.05, 0.1) is 18.9 Å². The zero-order valence-corrected chi connectivity index (χ0v) is 19.1. The molecule has 10 heteroatoms. The third-order valence-corrected chi connectivity index (χ3v) is 6.73. The van der Waals surface area contributed by atoms with Gasteiger partial charge in [-0.25, -0.2) is 24.9 Å². The van der Waals surface area contributed by atoms with Gasteiger partial charge < -0.3 is 15.0 Å². The number of nitrogens with one attached hydrogen (secondary N) is 1. The molecule has 1 N–H and O–H groups in total. The van der Waals surface area contributed by atoms with Crippen LogP contribution in [-0.4, -0.2) is 69.2 Å². The summed E-state index contributed by atoms with van der Waals surface area (Å²) in [4.78, 5) is 28.6. The van der Waals surface area contributed by atoms with E-state index >= 15 is 0 Å². The smallest absolute Gasteiger partial charge is 0.229 e. The van der Waals surface area contributed by atoms with Gasteiger partial charge in [0, 0.05) is 54.7 Å².